The lowest BCUT2D eigenvalue weighted by Crippen LogP contribution is -2.17. The number of hydrazone groups is 1. The van der Waals surface area contributed by atoms with Gasteiger partial charge in [-0.05, 0) is 35.9 Å². The van der Waals surface area contributed by atoms with E-state index < -0.39 is 6.16 Å². The monoisotopic (exact) mass is 329 g/mol. The molecular formula is C16H15N3O5. The number of hydrogen-bond donors (Lipinski definition) is 1. The van der Waals surface area contributed by atoms with Gasteiger partial charge in [0.1, 0.15) is 0 Å². The Morgan fingerprint density at radius 1 is 1.21 bits per heavy atom. The van der Waals surface area contributed by atoms with Crippen LogP contribution >= 0.6 is 0 Å². The Hall–Kier alpha value is -3.42. The maximum atomic E-state index is 11.8. The number of rotatable bonds is 5. The van der Waals surface area contributed by atoms with Crippen LogP contribution in [0.25, 0.3) is 0 Å². The highest BCUT2D eigenvalue weighted by Crippen LogP contribution is 2.27. The van der Waals surface area contributed by atoms with Gasteiger partial charge in [-0.25, -0.2) is 10.2 Å². The summed E-state index contributed by atoms with van der Waals surface area (Å²) in [5.74, 6) is 0.154. The summed E-state index contributed by atoms with van der Waals surface area (Å²) in [6.45, 7) is 0. The Kier molecular flexibility index (Phi) is 5.84. The lowest BCUT2D eigenvalue weighted by atomic mass is 10.2. The largest absolute Gasteiger partial charge is 0.513 e. The van der Waals surface area contributed by atoms with Crippen LogP contribution < -0.4 is 14.9 Å². The van der Waals surface area contributed by atoms with E-state index in [1.807, 2.05) is 0 Å². The summed E-state index contributed by atoms with van der Waals surface area (Å²) in [6.07, 6.45) is 3.59. The average molecular weight is 329 g/mol. The second kappa shape index (κ2) is 8.28. The predicted octanol–water partition coefficient (Wildman–Crippen LogP) is 2.00. The molecule has 1 N–H and O–H groups in total. The third kappa shape index (κ3) is 4.54. The molecule has 124 valence electrons. The number of methoxy groups -OCH3 is 2. The second-order valence-corrected chi connectivity index (χ2v) is 4.41. The topological polar surface area (TPSA) is 99.1 Å². The van der Waals surface area contributed by atoms with Crippen molar-refractivity contribution in [3.8, 4) is 11.5 Å². The predicted molar refractivity (Wildman–Crippen MR) is 85.3 cm³/mol. The highest BCUT2D eigenvalue weighted by molar-refractivity contribution is 5.94. The minimum Gasteiger partial charge on any atom is -0.493 e. The van der Waals surface area contributed by atoms with Crippen LogP contribution in [0.2, 0.25) is 0 Å². The van der Waals surface area contributed by atoms with Gasteiger partial charge in [0.05, 0.1) is 26.0 Å². The molecule has 1 aromatic heterocycles. The molecule has 2 aromatic rings. The Balaban J connectivity index is 2.04. The van der Waals surface area contributed by atoms with Crippen LogP contribution in [0.5, 0.6) is 11.5 Å². The summed E-state index contributed by atoms with van der Waals surface area (Å²) in [6, 6.07) is 8.04. The molecule has 1 amide bonds. The van der Waals surface area contributed by atoms with Crippen molar-refractivity contribution in [1.82, 2.24) is 10.4 Å². The number of carbonyl (C=O) groups is 2. The lowest BCUT2D eigenvalue weighted by Gasteiger charge is -2.08. The van der Waals surface area contributed by atoms with Crippen molar-refractivity contribution in [2.45, 2.75) is 0 Å². The van der Waals surface area contributed by atoms with E-state index in [4.69, 9.17) is 9.47 Å². The Morgan fingerprint density at radius 2 is 2.04 bits per heavy atom. The number of amides is 1. The van der Waals surface area contributed by atoms with E-state index in [0.29, 0.717) is 16.9 Å². The number of ether oxygens (including phenoxy) is 3. The summed E-state index contributed by atoms with van der Waals surface area (Å²) < 4.78 is 14.5. The van der Waals surface area contributed by atoms with Crippen LogP contribution in [-0.2, 0) is 4.74 Å². The van der Waals surface area contributed by atoms with Crippen LogP contribution in [0.3, 0.4) is 0 Å². The zero-order chi connectivity index (χ0) is 17.4. The van der Waals surface area contributed by atoms with E-state index in [1.54, 1.807) is 30.5 Å². The maximum Gasteiger partial charge on any atom is 0.513 e. The fourth-order valence-electron chi connectivity index (χ4n) is 1.71. The molecule has 2 rings (SSSR count). The van der Waals surface area contributed by atoms with Crippen LogP contribution in [-0.4, -0.2) is 37.5 Å². The smallest absolute Gasteiger partial charge is 0.493 e. The average Bonchev–Trinajstić information content (AvgIpc) is 2.63. The van der Waals surface area contributed by atoms with E-state index in [2.05, 4.69) is 20.2 Å². The minimum absolute atomic E-state index is 0.209. The first-order valence-corrected chi connectivity index (χ1v) is 6.81. The van der Waals surface area contributed by atoms with Crippen molar-refractivity contribution in [3.63, 3.8) is 0 Å². The fourth-order valence-corrected chi connectivity index (χ4v) is 1.71. The maximum absolute atomic E-state index is 11.8. The molecule has 0 atom stereocenters. The molecule has 1 aromatic carbocycles. The van der Waals surface area contributed by atoms with Crippen molar-refractivity contribution in [3.05, 3.63) is 53.9 Å². The van der Waals surface area contributed by atoms with Crippen molar-refractivity contribution in [2.24, 2.45) is 5.10 Å². The van der Waals surface area contributed by atoms with Crippen molar-refractivity contribution in [1.29, 1.82) is 0 Å². The Bertz CT molecular complexity index is 747. The van der Waals surface area contributed by atoms with Crippen molar-refractivity contribution < 1.29 is 23.8 Å². The van der Waals surface area contributed by atoms with E-state index >= 15 is 0 Å². The summed E-state index contributed by atoms with van der Waals surface area (Å²) in [5.41, 5.74) is 3.42. The molecule has 0 radical (unpaired) electrons. The molecule has 1 heterocycles. The highest BCUT2D eigenvalue weighted by Gasteiger charge is 2.10. The van der Waals surface area contributed by atoms with E-state index in [1.165, 1.54) is 32.7 Å². The molecule has 0 aliphatic carbocycles. The molecule has 0 saturated heterocycles. The van der Waals surface area contributed by atoms with E-state index in [0.717, 1.165) is 0 Å². The molecule has 0 fully saturated rings. The van der Waals surface area contributed by atoms with Gasteiger partial charge < -0.3 is 14.2 Å². The molecule has 0 unspecified atom stereocenters. The number of benzene rings is 1. The minimum atomic E-state index is -0.849. The first kappa shape index (κ1) is 16.9. The fraction of sp³-hybridized carbons (Fsp3) is 0.125. The van der Waals surface area contributed by atoms with E-state index in [-0.39, 0.29) is 11.7 Å². The van der Waals surface area contributed by atoms with Gasteiger partial charge in [-0.1, -0.05) is 0 Å². The third-order valence-electron chi connectivity index (χ3n) is 2.85. The van der Waals surface area contributed by atoms with Crippen LogP contribution in [0.4, 0.5) is 4.79 Å². The molecule has 0 aliphatic rings. The molecule has 8 nitrogen and oxygen atoms in total. The first-order chi connectivity index (χ1) is 11.6. The summed E-state index contributed by atoms with van der Waals surface area (Å²) in [5, 5.41) is 3.86. The van der Waals surface area contributed by atoms with Crippen LogP contribution in [0, 0.1) is 0 Å². The molecular weight excluding hydrogens is 314 g/mol. The molecule has 0 spiro atoms. The number of nitrogens with one attached hydrogen (secondary N) is 1. The van der Waals surface area contributed by atoms with Gasteiger partial charge in [-0.15, -0.1) is 0 Å². The number of hydrogen-bond acceptors (Lipinski definition) is 7. The number of nitrogens with zero attached hydrogens (tertiary/aromatic N) is 2. The number of aromatic nitrogens is 1. The van der Waals surface area contributed by atoms with Gasteiger partial charge >= 0.3 is 6.16 Å². The quantitative estimate of drug-likeness (QED) is 0.390. The van der Waals surface area contributed by atoms with E-state index in [9.17, 15) is 9.59 Å². The molecule has 0 saturated carbocycles. The highest BCUT2D eigenvalue weighted by atomic mass is 16.7. The Morgan fingerprint density at radius 3 is 2.71 bits per heavy atom. The van der Waals surface area contributed by atoms with Gasteiger partial charge in [0.2, 0.25) is 0 Å². The Labute approximate surface area is 138 Å². The molecule has 0 bridgehead atoms. The molecule has 0 aliphatic heterocycles. The lowest BCUT2D eigenvalue weighted by molar-refractivity contribution is 0.0954. The zero-order valence-electron chi connectivity index (χ0n) is 13.1. The van der Waals surface area contributed by atoms with Crippen LogP contribution in [0.15, 0.2) is 47.8 Å². The van der Waals surface area contributed by atoms with Crippen molar-refractivity contribution >= 4 is 18.3 Å². The third-order valence-corrected chi connectivity index (χ3v) is 2.85. The molecule has 8 heteroatoms. The summed E-state index contributed by atoms with van der Waals surface area (Å²) in [4.78, 5) is 26.8. The van der Waals surface area contributed by atoms with Gasteiger partial charge in [-0.2, -0.15) is 5.10 Å². The van der Waals surface area contributed by atoms with Gasteiger partial charge in [0, 0.05) is 12.4 Å². The second-order valence-electron chi connectivity index (χ2n) is 4.41. The summed E-state index contributed by atoms with van der Waals surface area (Å²) in [7, 11) is 2.64. The zero-order valence-corrected chi connectivity index (χ0v) is 13.1. The summed E-state index contributed by atoms with van der Waals surface area (Å²) >= 11 is 0. The van der Waals surface area contributed by atoms with Gasteiger partial charge in [0.15, 0.2) is 11.5 Å². The van der Waals surface area contributed by atoms with Gasteiger partial charge in [0.25, 0.3) is 5.91 Å². The number of carbonyl (C=O) groups excluding carboxylic acids is 2. The SMILES string of the molecule is COC(=O)Oc1ccc(/C=N\NC(=O)c2cccnc2)cc1OC. The van der Waals surface area contributed by atoms with Gasteiger partial charge in [-0.3, -0.25) is 9.78 Å². The van der Waals surface area contributed by atoms with Crippen molar-refractivity contribution in [2.75, 3.05) is 14.2 Å². The first-order valence-electron chi connectivity index (χ1n) is 6.81. The van der Waals surface area contributed by atoms with Crippen LogP contribution in [0.1, 0.15) is 15.9 Å². The molecule has 24 heavy (non-hydrogen) atoms. The standard InChI is InChI=1S/C16H15N3O5/c1-22-14-8-11(5-6-13(14)24-16(21)23-2)9-18-19-15(20)12-4-3-7-17-10-12/h3-10H,1-2H3,(H,19,20)/b18-9-. The number of pyridine rings is 1. The normalized spacial score (nSPS) is 10.2.